The maximum atomic E-state index is 11.0. The second-order valence-corrected chi connectivity index (χ2v) is 6.12. The summed E-state index contributed by atoms with van der Waals surface area (Å²) in [5, 5.41) is 17.7. The van der Waals surface area contributed by atoms with Gasteiger partial charge in [-0.3, -0.25) is 10.1 Å². The Labute approximate surface area is 162 Å². The quantitative estimate of drug-likeness (QED) is 0.366. The molecular formula is C21H17N3O2S. The van der Waals surface area contributed by atoms with E-state index in [0.29, 0.717) is 10.7 Å². The Morgan fingerprint density at radius 2 is 1.26 bits per heavy atom. The zero-order valence-electron chi connectivity index (χ0n) is 14.3. The van der Waals surface area contributed by atoms with Gasteiger partial charge >= 0.3 is 0 Å². The molecule has 2 N–H and O–H groups in total. The average molecular weight is 375 g/mol. The van der Waals surface area contributed by atoms with Gasteiger partial charge in [-0.15, -0.1) is 0 Å². The minimum atomic E-state index is -0.437. The molecule has 0 unspecified atom stereocenters. The van der Waals surface area contributed by atoms with Crippen LogP contribution in [0.2, 0.25) is 0 Å². The standard InChI is InChI=1S/C21H17N3O2S/c25-24(26)15-20(16-7-3-1-4-8-16)17-11-13-19(14-12-17)23-21(27)22-18-9-5-2-6-10-18/h1-15H,(H2,22,23,27)/b20-15-. The molecule has 0 heterocycles. The van der Waals surface area contributed by atoms with Gasteiger partial charge in [0.05, 0.1) is 10.5 Å². The van der Waals surface area contributed by atoms with Crippen LogP contribution in [0.3, 0.4) is 0 Å². The second kappa shape index (κ2) is 8.73. The molecule has 0 fully saturated rings. The van der Waals surface area contributed by atoms with Crippen molar-refractivity contribution in [3.8, 4) is 0 Å². The summed E-state index contributed by atoms with van der Waals surface area (Å²) >= 11 is 5.31. The Kier molecular flexibility index (Phi) is 5.91. The number of rotatable bonds is 5. The Bertz CT molecular complexity index is 956. The monoisotopic (exact) mass is 375 g/mol. The molecule has 0 bridgehead atoms. The van der Waals surface area contributed by atoms with E-state index in [1.165, 1.54) is 0 Å². The van der Waals surface area contributed by atoms with Gasteiger partial charge in [-0.2, -0.15) is 0 Å². The molecule has 0 atom stereocenters. The molecule has 134 valence electrons. The number of benzene rings is 3. The van der Waals surface area contributed by atoms with Gasteiger partial charge < -0.3 is 10.6 Å². The third kappa shape index (κ3) is 5.23. The van der Waals surface area contributed by atoms with Crippen molar-refractivity contribution in [3.63, 3.8) is 0 Å². The van der Waals surface area contributed by atoms with Crippen molar-refractivity contribution >= 4 is 34.3 Å². The van der Waals surface area contributed by atoms with E-state index in [1.54, 1.807) is 0 Å². The van der Waals surface area contributed by atoms with Gasteiger partial charge in [-0.1, -0.05) is 60.7 Å². The van der Waals surface area contributed by atoms with Crippen LogP contribution in [0.25, 0.3) is 5.57 Å². The van der Waals surface area contributed by atoms with Crippen molar-refractivity contribution in [2.75, 3.05) is 10.6 Å². The van der Waals surface area contributed by atoms with Gasteiger partial charge in [0.15, 0.2) is 5.11 Å². The van der Waals surface area contributed by atoms with E-state index >= 15 is 0 Å². The first-order valence-electron chi connectivity index (χ1n) is 8.26. The van der Waals surface area contributed by atoms with Crippen LogP contribution in [0.15, 0.2) is 91.1 Å². The fraction of sp³-hybridized carbons (Fsp3) is 0. The summed E-state index contributed by atoms with van der Waals surface area (Å²) in [5.41, 5.74) is 3.78. The first kappa shape index (κ1) is 18.3. The largest absolute Gasteiger partial charge is 0.332 e. The number of hydrogen-bond acceptors (Lipinski definition) is 3. The zero-order valence-corrected chi connectivity index (χ0v) is 15.1. The lowest BCUT2D eigenvalue weighted by Gasteiger charge is -2.11. The number of anilines is 2. The first-order chi connectivity index (χ1) is 13.1. The number of para-hydroxylation sites is 1. The molecule has 5 nitrogen and oxygen atoms in total. The third-order valence-corrected chi connectivity index (χ3v) is 4.01. The summed E-state index contributed by atoms with van der Waals surface area (Å²) in [6, 6.07) is 26.2. The fourth-order valence-corrected chi connectivity index (χ4v) is 2.82. The number of hydrogen-bond donors (Lipinski definition) is 2. The number of thiocarbonyl (C=S) groups is 1. The lowest BCUT2D eigenvalue weighted by Crippen LogP contribution is -2.18. The van der Waals surface area contributed by atoms with E-state index in [9.17, 15) is 10.1 Å². The van der Waals surface area contributed by atoms with Gasteiger partial charge in [0.2, 0.25) is 6.20 Å². The molecular weight excluding hydrogens is 358 g/mol. The maximum Gasteiger partial charge on any atom is 0.242 e. The highest BCUT2D eigenvalue weighted by atomic mass is 32.1. The van der Waals surface area contributed by atoms with Crippen molar-refractivity contribution in [1.82, 2.24) is 0 Å². The smallest absolute Gasteiger partial charge is 0.242 e. The third-order valence-electron chi connectivity index (χ3n) is 3.80. The van der Waals surface area contributed by atoms with E-state index in [-0.39, 0.29) is 0 Å². The van der Waals surface area contributed by atoms with E-state index in [1.807, 2.05) is 84.9 Å². The predicted octanol–water partition coefficient (Wildman–Crippen LogP) is 5.16. The van der Waals surface area contributed by atoms with E-state index in [4.69, 9.17) is 12.2 Å². The second-order valence-electron chi connectivity index (χ2n) is 5.72. The van der Waals surface area contributed by atoms with Crippen molar-refractivity contribution in [3.05, 3.63) is 112 Å². The summed E-state index contributed by atoms with van der Waals surface area (Å²) in [6.07, 6.45) is 1.03. The molecule has 0 aliphatic heterocycles. The SMILES string of the molecule is O=[N+]([O-])/C=C(/c1ccccc1)c1ccc(NC(=S)Nc2ccccc2)cc1. The average Bonchev–Trinajstić information content (AvgIpc) is 2.68. The van der Waals surface area contributed by atoms with Gasteiger partial charge in [0.25, 0.3) is 0 Å². The van der Waals surface area contributed by atoms with Gasteiger partial charge in [0, 0.05) is 11.4 Å². The number of nitrogens with one attached hydrogen (secondary N) is 2. The Hall–Kier alpha value is -3.51. The van der Waals surface area contributed by atoms with Gasteiger partial charge in [-0.05, 0) is 47.6 Å². The number of nitro groups is 1. The van der Waals surface area contributed by atoms with E-state index < -0.39 is 4.92 Å². The lowest BCUT2D eigenvalue weighted by molar-refractivity contribution is -0.401. The Balaban J connectivity index is 1.75. The Morgan fingerprint density at radius 3 is 1.81 bits per heavy atom. The summed E-state index contributed by atoms with van der Waals surface area (Å²) in [7, 11) is 0. The fourth-order valence-electron chi connectivity index (χ4n) is 2.59. The van der Waals surface area contributed by atoms with Crippen molar-refractivity contribution < 1.29 is 4.92 Å². The van der Waals surface area contributed by atoms with E-state index in [0.717, 1.165) is 28.7 Å². The minimum absolute atomic E-state index is 0.437. The van der Waals surface area contributed by atoms with Crippen LogP contribution in [0, 0.1) is 10.1 Å². The highest BCUT2D eigenvalue weighted by Gasteiger charge is 2.10. The zero-order chi connectivity index (χ0) is 19.1. The molecule has 0 spiro atoms. The van der Waals surface area contributed by atoms with Crippen LogP contribution >= 0.6 is 12.2 Å². The van der Waals surface area contributed by atoms with Crippen molar-refractivity contribution in [1.29, 1.82) is 0 Å². The summed E-state index contributed by atoms with van der Waals surface area (Å²) in [4.78, 5) is 10.6. The molecule has 3 aromatic rings. The van der Waals surface area contributed by atoms with Crippen LogP contribution in [-0.2, 0) is 0 Å². The van der Waals surface area contributed by atoms with Crippen LogP contribution in [0.5, 0.6) is 0 Å². The van der Waals surface area contributed by atoms with Crippen LogP contribution in [0.1, 0.15) is 11.1 Å². The van der Waals surface area contributed by atoms with Crippen LogP contribution in [0.4, 0.5) is 11.4 Å². The maximum absolute atomic E-state index is 11.0. The van der Waals surface area contributed by atoms with E-state index in [2.05, 4.69) is 10.6 Å². The molecule has 0 aromatic heterocycles. The van der Waals surface area contributed by atoms with Crippen molar-refractivity contribution in [2.45, 2.75) is 0 Å². The summed E-state index contributed by atoms with van der Waals surface area (Å²) in [6.45, 7) is 0. The number of nitrogens with zero attached hydrogens (tertiary/aromatic N) is 1. The molecule has 0 amide bonds. The molecule has 0 saturated heterocycles. The normalized spacial score (nSPS) is 10.9. The first-order valence-corrected chi connectivity index (χ1v) is 8.67. The minimum Gasteiger partial charge on any atom is -0.332 e. The summed E-state index contributed by atoms with van der Waals surface area (Å²) in [5.74, 6) is 0. The highest BCUT2D eigenvalue weighted by molar-refractivity contribution is 7.80. The summed E-state index contributed by atoms with van der Waals surface area (Å²) < 4.78 is 0. The molecule has 0 radical (unpaired) electrons. The van der Waals surface area contributed by atoms with Gasteiger partial charge in [-0.25, -0.2) is 0 Å². The lowest BCUT2D eigenvalue weighted by atomic mass is 9.99. The topological polar surface area (TPSA) is 67.2 Å². The molecule has 6 heteroatoms. The molecule has 0 saturated carbocycles. The molecule has 27 heavy (non-hydrogen) atoms. The highest BCUT2D eigenvalue weighted by Crippen LogP contribution is 2.24. The molecule has 0 aliphatic rings. The molecule has 3 rings (SSSR count). The van der Waals surface area contributed by atoms with Gasteiger partial charge in [0.1, 0.15) is 0 Å². The van der Waals surface area contributed by atoms with Crippen LogP contribution < -0.4 is 10.6 Å². The molecule has 3 aromatic carbocycles. The molecule has 0 aliphatic carbocycles. The van der Waals surface area contributed by atoms with Crippen LogP contribution in [-0.4, -0.2) is 10.0 Å². The van der Waals surface area contributed by atoms with Crippen molar-refractivity contribution in [2.24, 2.45) is 0 Å². The predicted molar refractivity (Wildman–Crippen MR) is 113 cm³/mol. The Morgan fingerprint density at radius 1 is 0.778 bits per heavy atom.